The molecule has 70 valence electrons. The average Bonchev–Trinajstić information content (AvgIpc) is 2.15. The Bertz CT molecular complexity index is 427. The van der Waals surface area contributed by atoms with E-state index in [1.807, 2.05) is 5.92 Å². The summed E-state index contributed by atoms with van der Waals surface area (Å²) in [5.41, 5.74) is -0.900. The Morgan fingerprint density at radius 2 is 1.71 bits per heavy atom. The molecular weight excluding hydrogens is 189 g/mol. The van der Waals surface area contributed by atoms with Gasteiger partial charge in [-0.15, -0.1) is 12.8 Å². The van der Waals surface area contributed by atoms with Crippen molar-refractivity contribution in [2.45, 2.75) is 6.18 Å². The number of alkyl halides is 3. The van der Waals surface area contributed by atoms with E-state index in [-0.39, 0.29) is 11.1 Å². The van der Waals surface area contributed by atoms with Crippen LogP contribution >= 0.6 is 0 Å². The molecule has 14 heavy (non-hydrogen) atoms. The van der Waals surface area contributed by atoms with Gasteiger partial charge < -0.3 is 0 Å². The SMILES string of the molecule is C#Cc1ccc(C#C)c(C(F)(F)F)c1. The highest BCUT2D eigenvalue weighted by molar-refractivity contribution is 5.47. The van der Waals surface area contributed by atoms with Crippen molar-refractivity contribution in [1.29, 1.82) is 0 Å². The fraction of sp³-hybridized carbons (Fsp3) is 0.0909. The number of hydrogen-bond acceptors (Lipinski definition) is 0. The van der Waals surface area contributed by atoms with Gasteiger partial charge in [-0.25, -0.2) is 0 Å². The molecule has 1 aromatic carbocycles. The molecule has 0 unspecified atom stereocenters. The third-order valence-electron chi connectivity index (χ3n) is 1.65. The van der Waals surface area contributed by atoms with Crippen LogP contribution in [0.2, 0.25) is 0 Å². The molecule has 0 aliphatic carbocycles. The van der Waals surface area contributed by atoms with Crippen molar-refractivity contribution < 1.29 is 13.2 Å². The predicted molar refractivity (Wildman–Crippen MR) is 47.3 cm³/mol. The average molecular weight is 194 g/mol. The Morgan fingerprint density at radius 1 is 1.07 bits per heavy atom. The monoisotopic (exact) mass is 194 g/mol. The van der Waals surface area contributed by atoms with Crippen LogP contribution in [0.5, 0.6) is 0 Å². The number of benzene rings is 1. The maximum absolute atomic E-state index is 12.4. The van der Waals surface area contributed by atoms with E-state index in [9.17, 15) is 13.2 Å². The van der Waals surface area contributed by atoms with E-state index in [1.54, 1.807) is 0 Å². The molecule has 0 saturated heterocycles. The summed E-state index contributed by atoms with van der Waals surface area (Å²) >= 11 is 0. The lowest BCUT2D eigenvalue weighted by Crippen LogP contribution is -2.08. The van der Waals surface area contributed by atoms with Crippen LogP contribution in [0.15, 0.2) is 18.2 Å². The quantitative estimate of drug-likeness (QED) is 0.557. The summed E-state index contributed by atoms with van der Waals surface area (Å²) in [6, 6.07) is 3.44. The van der Waals surface area contributed by atoms with Crippen LogP contribution in [-0.2, 0) is 6.18 Å². The van der Waals surface area contributed by atoms with Crippen molar-refractivity contribution in [3.8, 4) is 24.7 Å². The second-order valence-electron chi connectivity index (χ2n) is 2.55. The second kappa shape index (κ2) is 3.47. The predicted octanol–water partition coefficient (Wildman–Crippen LogP) is 2.67. The van der Waals surface area contributed by atoms with Crippen molar-refractivity contribution in [3.05, 3.63) is 34.9 Å². The van der Waals surface area contributed by atoms with Crippen LogP contribution in [0, 0.1) is 24.7 Å². The summed E-state index contributed by atoms with van der Waals surface area (Å²) in [6.45, 7) is 0. The van der Waals surface area contributed by atoms with Gasteiger partial charge in [0.05, 0.1) is 5.56 Å². The minimum Gasteiger partial charge on any atom is -0.166 e. The van der Waals surface area contributed by atoms with E-state index < -0.39 is 11.7 Å². The van der Waals surface area contributed by atoms with E-state index in [0.717, 1.165) is 6.07 Å². The molecule has 0 nitrogen and oxygen atoms in total. The van der Waals surface area contributed by atoms with Crippen LogP contribution in [0.3, 0.4) is 0 Å². The molecule has 0 spiro atoms. The molecule has 1 aromatic rings. The largest absolute Gasteiger partial charge is 0.417 e. The number of rotatable bonds is 0. The summed E-state index contributed by atoms with van der Waals surface area (Å²) < 4.78 is 37.2. The first-order chi connectivity index (χ1) is 6.49. The summed E-state index contributed by atoms with van der Waals surface area (Å²) in [5, 5.41) is 0. The van der Waals surface area contributed by atoms with Crippen LogP contribution in [0.1, 0.15) is 16.7 Å². The zero-order valence-electron chi connectivity index (χ0n) is 7.02. The van der Waals surface area contributed by atoms with Gasteiger partial charge in [0.25, 0.3) is 0 Å². The van der Waals surface area contributed by atoms with Gasteiger partial charge in [-0.2, -0.15) is 13.2 Å². The van der Waals surface area contributed by atoms with Gasteiger partial charge in [0, 0.05) is 11.1 Å². The smallest absolute Gasteiger partial charge is 0.166 e. The molecule has 0 aliphatic heterocycles. The Labute approximate surface area is 79.8 Å². The maximum Gasteiger partial charge on any atom is 0.417 e. The number of terminal acetylenes is 2. The van der Waals surface area contributed by atoms with Crippen molar-refractivity contribution in [2.75, 3.05) is 0 Å². The molecule has 0 fully saturated rings. The lowest BCUT2D eigenvalue weighted by molar-refractivity contribution is -0.137. The Kier molecular flexibility index (Phi) is 2.53. The van der Waals surface area contributed by atoms with Gasteiger partial charge in [0.2, 0.25) is 0 Å². The Balaban J connectivity index is 3.41. The first kappa shape index (κ1) is 10.2. The molecule has 0 amide bonds. The highest BCUT2D eigenvalue weighted by Gasteiger charge is 2.33. The van der Waals surface area contributed by atoms with Crippen molar-refractivity contribution in [3.63, 3.8) is 0 Å². The van der Waals surface area contributed by atoms with E-state index >= 15 is 0 Å². The van der Waals surface area contributed by atoms with Gasteiger partial charge in [-0.3, -0.25) is 0 Å². The molecular formula is C11H5F3. The van der Waals surface area contributed by atoms with Crippen LogP contribution in [0.25, 0.3) is 0 Å². The van der Waals surface area contributed by atoms with E-state index in [0.29, 0.717) is 0 Å². The van der Waals surface area contributed by atoms with Crippen LogP contribution < -0.4 is 0 Å². The fourth-order valence-corrected chi connectivity index (χ4v) is 0.994. The molecule has 1 rings (SSSR count). The first-order valence-corrected chi connectivity index (χ1v) is 3.63. The fourth-order valence-electron chi connectivity index (χ4n) is 0.994. The molecule has 0 aliphatic rings. The summed E-state index contributed by atoms with van der Waals surface area (Å²) in [6.07, 6.45) is 5.46. The van der Waals surface area contributed by atoms with Crippen molar-refractivity contribution >= 4 is 0 Å². The van der Waals surface area contributed by atoms with Crippen LogP contribution in [-0.4, -0.2) is 0 Å². The van der Waals surface area contributed by atoms with E-state index in [1.165, 1.54) is 12.1 Å². The van der Waals surface area contributed by atoms with Crippen LogP contribution in [0.4, 0.5) is 13.2 Å². The van der Waals surface area contributed by atoms with E-state index in [2.05, 4.69) is 5.92 Å². The Hall–Kier alpha value is -1.87. The second-order valence-corrected chi connectivity index (χ2v) is 2.55. The standard InChI is InChI=1S/C11H5F3/c1-3-8-5-6-9(4-2)10(7-8)11(12,13)14/h1-2,5-7H. The highest BCUT2D eigenvalue weighted by atomic mass is 19.4. The third kappa shape index (κ3) is 1.89. The maximum atomic E-state index is 12.4. The van der Waals surface area contributed by atoms with Gasteiger partial charge in [0.1, 0.15) is 0 Å². The van der Waals surface area contributed by atoms with Gasteiger partial charge >= 0.3 is 6.18 Å². The molecule has 0 atom stereocenters. The first-order valence-electron chi connectivity index (χ1n) is 3.63. The molecule has 0 saturated carbocycles. The molecule has 3 heteroatoms. The normalized spacial score (nSPS) is 10.4. The molecule has 0 N–H and O–H groups in total. The lowest BCUT2D eigenvalue weighted by Gasteiger charge is -2.09. The molecule has 0 heterocycles. The topological polar surface area (TPSA) is 0 Å². The summed E-state index contributed by atoms with van der Waals surface area (Å²) in [5.74, 6) is 4.09. The molecule has 0 aromatic heterocycles. The third-order valence-corrected chi connectivity index (χ3v) is 1.65. The molecule has 0 radical (unpaired) electrons. The lowest BCUT2D eigenvalue weighted by atomic mass is 10.0. The zero-order valence-corrected chi connectivity index (χ0v) is 7.02. The van der Waals surface area contributed by atoms with Gasteiger partial charge in [0.15, 0.2) is 0 Å². The minimum atomic E-state index is -4.46. The van der Waals surface area contributed by atoms with E-state index in [4.69, 9.17) is 12.8 Å². The van der Waals surface area contributed by atoms with Crippen molar-refractivity contribution in [1.82, 2.24) is 0 Å². The number of halogens is 3. The number of hydrogen-bond donors (Lipinski definition) is 0. The summed E-state index contributed by atoms with van der Waals surface area (Å²) in [4.78, 5) is 0. The summed E-state index contributed by atoms with van der Waals surface area (Å²) in [7, 11) is 0. The zero-order chi connectivity index (χ0) is 10.8. The molecule has 0 bridgehead atoms. The highest BCUT2D eigenvalue weighted by Crippen LogP contribution is 2.32. The van der Waals surface area contributed by atoms with Gasteiger partial charge in [-0.05, 0) is 18.2 Å². The van der Waals surface area contributed by atoms with Gasteiger partial charge in [-0.1, -0.05) is 11.8 Å². The minimum absolute atomic E-state index is 0.163. The van der Waals surface area contributed by atoms with Crippen molar-refractivity contribution in [2.24, 2.45) is 0 Å². The Morgan fingerprint density at radius 3 is 2.14 bits per heavy atom.